The van der Waals surface area contributed by atoms with Crippen molar-refractivity contribution in [2.45, 2.75) is 6.92 Å². The number of rotatable bonds is 9. The van der Waals surface area contributed by atoms with Crippen LogP contribution in [0.3, 0.4) is 0 Å². The molecule has 0 aliphatic carbocycles. The van der Waals surface area contributed by atoms with Crippen LogP contribution in [0.5, 0.6) is 17.2 Å². The van der Waals surface area contributed by atoms with Crippen molar-refractivity contribution in [3.05, 3.63) is 53.6 Å². The molecule has 148 valence electrons. The van der Waals surface area contributed by atoms with Crippen molar-refractivity contribution in [1.82, 2.24) is 10.7 Å². The third-order valence-corrected chi connectivity index (χ3v) is 3.67. The van der Waals surface area contributed by atoms with Crippen LogP contribution in [0, 0.1) is 0 Å². The van der Waals surface area contributed by atoms with Crippen LogP contribution < -0.4 is 25.0 Å². The van der Waals surface area contributed by atoms with E-state index in [4.69, 9.17) is 14.2 Å². The molecular formula is C20H23N3O5. The Morgan fingerprint density at radius 2 is 1.79 bits per heavy atom. The maximum absolute atomic E-state index is 12.2. The number of hydrogen-bond acceptors (Lipinski definition) is 6. The molecule has 2 N–H and O–H groups in total. The summed E-state index contributed by atoms with van der Waals surface area (Å²) in [7, 11) is 2.99. The molecule has 8 heteroatoms. The van der Waals surface area contributed by atoms with Gasteiger partial charge in [-0.3, -0.25) is 9.59 Å². The molecule has 0 bridgehead atoms. The Morgan fingerprint density at radius 1 is 1.04 bits per heavy atom. The summed E-state index contributed by atoms with van der Waals surface area (Å²) >= 11 is 0. The molecule has 2 amide bonds. The molecule has 2 aromatic carbocycles. The van der Waals surface area contributed by atoms with Crippen LogP contribution in [0.1, 0.15) is 22.8 Å². The Bertz CT molecular complexity index is 851. The number of nitrogens with one attached hydrogen (secondary N) is 2. The van der Waals surface area contributed by atoms with Crippen molar-refractivity contribution in [2.24, 2.45) is 5.10 Å². The molecular weight excluding hydrogens is 362 g/mol. The molecule has 2 rings (SSSR count). The van der Waals surface area contributed by atoms with Gasteiger partial charge in [0.2, 0.25) is 0 Å². The van der Waals surface area contributed by atoms with Crippen molar-refractivity contribution in [2.75, 3.05) is 27.4 Å². The number of para-hydroxylation sites is 1. The van der Waals surface area contributed by atoms with Crippen LogP contribution in [-0.4, -0.2) is 45.4 Å². The van der Waals surface area contributed by atoms with Gasteiger partial charge in [-0.1, -0.05) is 12.1 Å². The molecule has 0 fully saturated rings. The van der Waals surface area contributed by atoms with Crippen LogP contribution in [0.4, 0.5) is 0 Å². The highest BCUT2D eigenvalue weighted by Gasteiger charge is 2.11. The number of amides is 2. The highest BCUT2D eigenvalue weighted by molar-refractivity contribution is 5.97. The van der Waals surface area contributed by atoms with Gasteiger partial charge < -0.3 is 19.5 Å². The van der Waals surface area contributed by atoms with Gasteiger partial charge in [0.25, 0.3) is 11.8 Å². The summed E-state index contributed by atoms with van der Waals surface area (Å²) in [5, 5.41) is 6.41. The second-order valence-electron chi connectivity index (χ2n) is 5.52. The smallest absolute Gasteiger partial charge is 0.259 e. The molecule has 8 nitrogen and oxygen atoms in total. The van der Waals surface area contributed by atoms with Gasteiger partial charge in [-0.25, -0.2) is 5.43 Å². The fourth-order valence-corrected chi connectivity index (χ4v) is 2.33. The molecule has 0 spiro atoms. The topological polar surface area (TPSA) is 98.2 Å². The summed E-state index contributed by atoms with van der Waals surface area (Å²) in [6.45, 7) is 2.19. The van der Waals surface area contributed by atoms with Crippen molar-refractivity contribution >= 4 is 18.0 Å². The summed E-state index contributed by atoms with van der Waals surface area (Å²) in [6.07, 6.45) is 1.49. The zero-order chi connectivity index (χ0) is 20.4. The van der Waals surface area contributed by atoms with Crippen molar-refractivity contribution in [3.63, 3.8) is 0 Å². The van der Waals surface area contributed by atoms with E-state index in [-0.39, 0.29) is 6.54 Å². The first-order chi connectivity index (χ1) is 13.6. The number of carbonyl (C=O) groups is 2. The van der Waals surface area contributed by atoms with E-state index in [9.17, 15) is 9.59 Å². The van der Waals surface area contributed by atoms with Gasteiger partial charge in [0.05, 0.1) is 33.6 Å². The maximum Gasteiger partial charge on any atom is 0.259 e. The number of methoxy groups -OCH3 is 2. The summed E-state index contributed by atoms with van der Waals surface area (Å²) in [6, 6.07) is 12.1. The minimum atomic E-state index is -0.459. The predicted octanol–water partition coefficient (Wildman–Crippen LogP) is 1.98. The van der Waals surface area contributed by atoms with Crippen molar-refractivity contribution in [3.8, 4) is 17.2 Å². The van der Waals surface area contributed by atoms with E-state index in [2.05, 4.69) is 15.8 Å². The molecule has 0 saturated carbocycles. The number of ether oxygens (including phenoxy) is 3. The standard InChI is InChI=1S/C20H23N3O5/c1-4-28-16-8-6-5-7-15(16)12-22-23-19(24)13-21-20(25)14-9-10-17(26-2)18(11-14)27-3/h5-12H,4,13H2,1-3H3,(H,21,25)(H,23,24)/b22-12-. The Hall–Kier alpha value is -3.55. The fourth-order valence-electron chi connectivity index (χ4n) is 2.33. The minimum Gasteiger partial charge on any atom is -0.493 e. The second kappa shape index (κ2) is 10.6. The summed E-state index contributed by atoms with van der Waals surface area (Å²) in [4.78, 5) is 24.1. The van der Waals surface area contributed by atoms with Gasteiger partial charge in [-0.15, -0.1) is 0 Å². The van der Waals surface area contributed by atoms with E-state index in [0.717, 1.165) is 5.56 Å². The average molecular weight is 385 g/mol. The average Bonchev–Trinajstić information content (AvgIpc) is 2.72. The zero-order valence-corrected chi connectivity index (χ0v) is 16.0. The summed E-state index contributed by atoms with van der Waals surface area (Å²) in [5.74, 6) is 0.737. The predicted molar refractivity (Wildman–Crippen MR) is 105 cm³/mol. The fraction of sp³-hybridized carbons (Fsp3) is 0.250. The molecule has 2 aromatic rings. The monoisotopic (exact) mass is 385 g/mol. The van der Waals surface area contributed by atoms with Gasteiger partial charge in [-0.05, 0) is 37.3 Å². The quantitative estimate of drug-likeness (QED) is 0.508. The first-order valence-electron chi connectivity index (χ1n) is 8.63. The zero-order valence-electron chi connectivity index (χ0n) is 16.0. The first-order valence-corrected chi connectivity index (χ1v) is 8.63. The number of hydrogen-bond donors (Lipinski definition) is 2. The Labute approximate surface area is 163 Å². The van der Waals surface area contributed by atoms with E-state index in [1.54, 1.807) is 12.1 Å². The van der Waals surface area contributed by atoms with Crippen LogP contribution in [-0.2, 0) is 4.79 Å². The molecule has 0 radical (unpaired) electrons. The maximum atomic E-state index is 12.2. The van der Waals surface area contributed by atoms with Crippen molar-refractivity contribution < 1.29 is 23.8 Å². The van der Waals surface area contributed by atoms with E-state index < -0.39 is 11.8 Å². The molecule has 0 aliphatic heterocycles. The Balaban J connectivity index is 1.88. The molecule has 0 aliphatic rings. The third-order valence-electron chi connectivity index (χ3n) is 3.67. The Morgan fingerprint density at radius 3 is 2.50 bits per heavy atom. The first kappa shape index (κ1) is 20.8. The lowest BCUT2D eigenvalue weighted by Gasteiger charge is -2.09. The molecule has 0 heterocycles. The lowest BCUT2D eigenvalue weighted by Crippen LogP contribution is -2.34. The number of nitrogens with zero attached hydrogens (tertiary/aromatic N) is 1. The number of hydrazone groups is 1. The lowest BCUT2D eigenvalue weighted by molar-refractivity contribution is -0.120. The van der Waals surface area contributed by atoms with E-state index in [0.29, 0.717) is 29.4 Å². The van der Waals surface area contributed by atoms with Crippen LogP contribution in [0.2, 0.25) is 0 Å². The van der Waals surface area contributed by atoms with E-state index >= 15 is 0 Å². The Kier molecular flexibility index (Phi) is 7.83. The van der Waals surface area contributed by atoms with Crippen LogP contribution >= 0.6 is 0 Å². The normalized spacial score (nSPS) is 10.4. The van der Waals surface area contributed by atoms with Crippen LogP contribution in [0.15, 0.2) is 47.6 Å². The highest BCUT2D eigenvalue weighted by Crippen LogP contribution is 2.27. The van der Waals surface area contributed by atoms with E-state index in [1.165, 1.54) is 26.5 Å². The molecule has 0 saturated heterocycles. The van der Waals surface area contributed by atoms with E-state index in [1.807, 2.05) is 31.2 Å². The number of carbonyl (C=O) groups excluding carboxylic acids is 2. The van der Waals surface area contributed by atoms with Gasteiger partial charge in [0.15, 0.2) is 11.5 Å². The van der Waals surface area contributed by atoms with Crippen LogP contribution in [0.25, 0.3) is 0 Å². The summed E-state index contributed by atoms with van der Waals surface area (Å²) in [5.41, 5.74) is 3.45. The number of benzene rings is 2. The minimum absolute atomic E-state index is 0.225. The van der Waals surface area contributed by atoms with Gasteiger partial charge in [0, 0.05) is 11.1 Å². The lowest BCUT2D eigenvalue weighted by atomic mass is 10.2. The van der Waals surface area contributed by atoms with Gasteiger partial charge in [-0.2, -0.15) is 5.10 Å². The molecule has 0 aromatic heterocycles. The highest BCUT2D eigenvalue weighted by atomic mass is 16.5. The molecule has 0 atom stereocenters. The molecule has 0 unspecified atom stereocenters. The summed E-state index contributed by atoms with van der Waals surface area (Å²) < 4.78 is 15.8. The van der Waals surface area contributed by atoms with Gasteiger partial charge >= 0.3 is 0 Å². The third kappa shape index (κ3) is 5.73. The second-order valence-corrected chi connectivity index (χ2v) is 5.52. The van der Waals surface area contributed by atoms with Crippen molar-refractivity contribution in [1.29, 1.82) is 0 Å². The molecule has 28 heavy (non-hydrogen) atoms. The SMILES string of the molecule is CCOc1ccccc1/C=N\NC(=O)CNC(=O)c1ccc(OC)c(OC)c1. The largest absolute Gasteiger partial charge is 0.493 e. The van der Waals surface area contributed by atoms with Gasteiger partial charge in [0.1, 0.15) is 5.75 Å².